The molecule has 21 heavy (non-hydrogen) atoms. The van der Waals surface area contributed by atoms with Crippen LogP contribution in [0.3, 0.4) is 0 Å². The van der Waals surface area contributed by atoms with Gasteiger partial charge in [0.05, 0.1) is 18.9 Å². The summed E-state index contributed by atoms with van der Waals surface area (Å²) in [4.78, 5) is 19.3. The number of nitrogens with one attached hydrogen (secondary N) is 1. The molecule has 6 heteroatoms. The van der Waals surface area contributed by atoms with Crippen LogP contribution in [0, 0.1) is 0 Å². The monoisotopic (exact) mass is 285 g/mol. The number of rotatable bonds is 5. The highest BCUT2D eigenvalue weighted by Crippen LogP contribution is 2.27. The van der Waals surface area contributed by atoms with Gasteiger partial charge in [0.15, 0.2) is 12.4 Å². The van der Waals surface area contributed by atoms with E-state index in [1.54, 1.807) is 0 Å². The molecule has 1 amide bonds. The Morgan fingerprint density at radius 3 is 2.95 bits per heavy atom. The van der Waals surface area contributed by atoms with Crippen LogP contribution in [0.2, 0.25) is 0 Å². The molecule has 2 heterocycles. The van der Waals surface area contributed by atoms with Crippen molar-refractivity contribution in [3.8, 4) is 11.5 Å². The number of carbonyl (C=O) groups is 1. The molecule has 0 aliphatic carbocycles. The molecule has 6 nitrogen and oxygen atoms in total. The maximum Gasteiger partial charge on any atom is 0.258 e. The summed E-state index contributed by atoms with van der Waals surface area (Å²) >= 11 is 0. The first-order valence-electron chi connectivity index (χ1n) is 6.70. The number of amides is 1. The van der Waals surface area contributed by atoms with E-state index in [1.165, 1.54) is 24.3 Å². The molecule has 1 aliphatic heterocycles. The van der Waals surface area contributed by atoms with Gasteiger partial charge in [-0.25, -0.2) is 9.97 Å². The lowest BCUT2D eigenvalue weighted by Crippen LogP contribution is -2.37. The lowest BCUT2D eigenvalue weighted by Gasteiger charge is -2.12. The van der Waals surface area contributed by atoms with Gasteiger partial charge in [-0.1, -0.05) is 18.2 Å². The molecular formula is C15H15N3O3. The maximum absolute atomic E-state index is 11.7. The molecule has 1 aliphatic rings. The molecule has 0 bridgehead atoms. The number of nitrogens with zero attached hydrogens (tertiary/aromatic N) is 2. The summed E-state index contributed by atoms with van der Waals surface area (Å²) in [6, 6.07) is 7.90. The maximum atomic E-state index is 11.7. The number of aromatic nitrogens is 2. The fourth-order valence-electron chi connectivity index (χ4n) is 2.16. The lowest BCUT2D eigenvalue weighted by atomic mass is 10.1. The fraction of sp³-hybridized carbons (Fsp3) is 0.267. The molecule has 1 N–H and O–H groups in total. The zero-order valence-corrected chi connectivity index (χ0v) is 11.4. The van der Waals surface area contributed by atoms with Crippen molar-refractivity contribution in [1.29, 1.82) is 0 Å². The molecule has 1 atom stereocenters. The summed E-state index contributed by atoms with van der Waals surface area (Å²) in [5.41, 5.74) is 1.18. The topological polar surface area (TPSA) is 73.3 Å². The summed E-state index contributed by atoms with van der Waals surface area (Å²) in [5.74, 6) is 1.17. The van der Waals surface area contributed by atoms with Crippen molar-refractivity contribution in [1.82, 2.24) is 15.3 Å². The second-order valence-electron chi connectivity index (χ2n) is 4.72. The largest absolute Gasteiger partial charge is 0.488 e. The summed E-state index contributed by atoms with van der Waals surface area (Å²) < 4.78 is 11.0. The third kappa shape index (κ3) is 3.47. The molecule has 1 aromatic carbocycles. The third-order valence-corrected chi connectivity index (χ3v) is 3.15. The van der Waals surface area contributed by atoms with E-state index in [-0.39, 0.29) is 18.6 Å². The summed E-state index contributed by atoms with van der Waals surface area (Å²) in [6.07, 6.45) is 5.21. The summed E-state index contributed by atoms with van der Waals surface area (Å²) in [7, 11) is 0. The van der Waals surface area contributed by atoms with Crippen molar-refractivity contribution in [3.63, 3.8) is 0 Å². The van der Waals surface area contributed by atoms with Crippen LogP contribution in [0.1, 0.15) is 5.56 Å². The second kappa shape index (κ2) is 6.21. The van der Waals surface area contributed by atoms with Crippen LogP contribution in [-0.2, 0) is 11.2 Å². The Labute approximate surface area is 122 Å². The van der Waals surface area contributed by atoms with Crippen LogP contribution in [0.4, 0.5) is 0 Å². The zero-order valence-electron chi connectivity index (χ0n) is 11.4. The van der Waals surface area contributed by atoms with Crippen LogP contribution in [0.25, 0.3) is 0 Å². The number of carbonyl (C=O) groups excluding carboxylic acids is 1. The highest BCUT2D eigenvalue weighted by molar-refractivity contribution is 5.77. The summed E-state index contributed by atoms with van der Waals surface area (Å²) in [5, 5.41) is 2.80. The molecule has 0 fully saturated rings. The Balaban J connectivity index is 1.41. The van der Waals surface area contributed by atoms with Crippen molar-refractivity contribution in [2.75, 3.05) is 13.2 Å². The van der Waals surface area contributed by atoms with Gasteiger partial charge in [0.2, 0.25) is 0 Å². The van der Waals surface area contributed by atoms with Crippen molar-refractivity contribution in [2.45, 2.75) is 12.5 Å². The second-order valence-corrected chi connectivity index (χ2v) is 4.72. The minimum absolute atomic E-state index is 0.0218. The molecule has 0 spiro atoms. The molecule has 108 valence electrons. The molecule has 0 saturated heterocycles. The Hall–Kier alpha value is -2.63. The van der Waals surface area contributed by atoms with Gasteiger partial charge >= 0.3 is 0 Å². The minimum atomic E-state index is -0.196. The first-order chi connectivity index (χ1) is 10.3. The highest BCUT2D eigenvalue weighted by Gasteiger charge is 2.22. The number of hydrogen-bond acceptors (Lipinski definition) is 5. The van der Waals surface area contributed by atoms with Crippen molar-refractivity contribution >= 4 is 5.91 Å². The van der Waals surface area contributed by atoms with E-state index in [9.17, 15) is 4.79 Å². The first-order valence-corrected chi connectivity index (χ1v) is 6.70. The van der Waals surface area contributed by atoms with Crippen molar-refractivity contribution in [3.05, 3.63) is 48.5 Å². The van der Waals surface area contributed by atoms with Crippen LogP contribution < -0.4 is 14.8 Å². The molecule has 2 aromatic rings. The molecule has 0 radical (unpaired) electrons. The van der Waals surface area contributed by atoms with Gasteiger partial charge in [-0.3, -0.25) is 4.79 Å². The van der Waals surface area contributed by atoms with Gasteiger partial charge in [-0.05, 0) is 11.6 Å². The Morgan fingerprint density at radius 1 is 1.33 bits per heavy atom. The predicted molar refractivity (Wildman–Crippen MR) is 75.1 cm³/mol. The predicted octanol–water partition coefficient (Wildman–Crippen LogP) is 0.975. The van der Waals surface area contributed by atoms with E-state index >= 15 is 0 Å². The van der Waals surface area contributed by atoms with E-state index in [2.05, 4.69) is 15.3 Å². The van der Waals surface area contributed by atoms with Crippen LogP contribution in [0.5, 0.6) is 11.5 Å². The number of hydrogen-bond donors (Lipinski definition) is 1. The zero-order chi connectivity index (χ0) is 14.5. The SMILES string of the molecule is O=C(COc1cncnc1)NCC1Cc2ccccc2O1. The van der Waals surface area contributed by atoms with Crippen LogP contribution in [-0.4, -0.2) is 35.1 Å². The van der Waals surface area contributed by atoms with Gasteiger partial charge in [0, 0.05) is 6.42 Å². The normalized spacial score (nSPS) is 15.9. The van der Waals surface area contributed by atoms with E-state index < -0.39 is 0 Å². The van der Waals surface area contributed by atoms with Gasteiger partial charge < -0.3 is 14.8 Å². The van der Waals surface area contributed by atoms with E-state index in [1.807, 2.05) is 24.3 Å². The summed E-state index contributed by atoms with van der Waals surface area (Å²) in [6.45, 7) is 0.398. The Morgan fingerprint density at radius 2 is 2.14 bits per heavy atom. The van der Waals surface area contributed by atoms with Gasteiger partial charge in [0.25, 0.3) is 5.91 Å². The third-order valence-electron chi connectivity index (χ3n) is 3.15. The Bertz CT molecular complexity index is 594. The van der Waals surface area contributed by atoms with Crippen LogP contribution in [0.15, 0.2) is 43.0 Å². The van der Waals surface area contributed by atoms with Gasteiger partial charge in [-0.15, -0.1) is 0 Å². The van der Waals surface area contributed by atoms with E-state index in [0.717, 1.165) is 12.2 Å². The standard InChI is InChI=1S/C15H15N3O3/c19-15(9-20-13-6-16-10-17-7-13)18-8-12-5-11-3-1-2-4-14(11)21-12/h1-4,6-7,10,12H,5,8-9H2,(H,18,19). The number of benzene rings is 1. The Kier molecular flexibility index (Phi) is 3.95. The quantitative estimate of drug-likeness (QED) is 0.886. The fourth-order valence-corrected chi connectivity index (χ4v) is 2.16. The minimum Gasteiger partial charge on any atom is -0.488 e. The van der Waals surface area contributed by atoms with E-state index in [0.29, 0.717) is 12.3 Å². The molecule has 0 saturated carbocycles. The number of para-hydroxylation sites is 1. The smallest absolute Gasteiger partial charge is 0.258 e. The number of fused-ring (bicyclic) bond motifs is 1. The average Bonchev–Trinajstić information content (AvgIpc) is 2.95. The van der Waals surface area contributed by atoms with Crippen molar-refractivity contribution < 1.29 is 14.3 Å². The van der Waals surface area contributed by atoms with Crippen molar-refractivity contribution in [2.24, 2.45) is 0 Å². The number of ether oxygens (including phenoxy) is 2. The van der Waals surface area contributed by atoms with Gasteiger partial charge in [0.1, 0.15) is 18.2 Å². The highest BCUT2D eigenvalue weighted by atomic mass is 16.5. The molecular weight excluding hydrogens is 270 g/mol. The molecule has 1 aromatic heterocycles. The van der Waals surface area contributed by atoms with Gasteiger partial charge in [-0.2, -0.15) is 0 Å². The first kappa shape index (κ1) is 13.4. The average molecular weight is 285 g/mol. The van der Waals surface area contributed by atoms with E-state index in [4.69, 9.17) is 9.47 Å². The molecule has 3 rings (SSSR count). The van der Waals surface area contributed by atoms with Crippen LogP contribution >= 0.6 is 0 Å². The molecule has 1 unspecified atom stereocenters. The lowest BCUT2D eigenvalue weighted by molar-refractivity contribution is -0.123.